The van der Waals surface area contributed by atoms with Crippen LogP contribution in [0, 0.1) is 0 Å². The van der Waals surface area contributed by atoms with E-state index in [2.05, 4.69) is 5.10 Å². The summed E-state index contributed by atoms with van der Waals surface area (Å²) in [7, 11) is 0. The van der Waals surface area contributed by atoms with Crippen LogP contribution in [0.3, 0.4) is 0 Å². The summed E-state index contributed by atoms with van der Waals surface area (Å²) >= 11 is 0. The van der Waals surface area contributed by atoms with Gasteiger partial charge in [-0.1, -0.05) is 0 Å². The fourth-order valence-electron chi connectivity index (χ4n) is 0.455. The van der Waals surface area contributed by atoms with Gasteiger partial charge in [-0.3, -0.25) is 0 Å². The van der Waals surface area contributed by atoms with Crippen LogP contribution in [0.2, 0.25) is 0 Å². The maximum Gasteiger partial charge on any atom is 0.232 e. The molecular formula is C4H6N3O. The summed E-state index contributed by atoms with van der Waals surface area (Å²) in [6.45, 7) is 0.570. The molecule has 0 aromatic heterocycles. The minimum absolute atomic E-state index is 0.472. The first-order valence-electron chi connectivity index (χ1n) is 2.22. The maximum atomic E-state index is 6.42. The van der Waals surface area contributed by atoms with Crippen molar-refractivity contribution in [3.8, 4) is 0 Å². The van der Waals surface area contributed by atoms with Gasteiger partial charge >= 0.3 is 0 Å². The van der Waals surface area contributed by atoms with Crippen molar-refractivity contribution >= 4 is 5.90 Å². The molecule has 43 valence electrons. The van der Waals surface area contributed by atoms with Crippen molar-refractivity contribution < 1.29 is 4.74 Å². The number of hydrogen-bond acceptors (Lipinski definition) is 3. The average molecular weight is 112 g/mol. The highest BCUT2D eigenvalue weighted by molar-refractivity contribution is 5.89. The lowest BCUT2D eigenvalue weighted by Gasteiger charge is -1.92. The van der Waals surface area contributed by atoms with Crippen molar-refractivity contribution in [2.24, 2.45) is 5.10 Å². The molecule has 0 atom stereocenters. The summed E-state index contributed by atoms with van der Waals surface area (Å²) in [6.07, 6.45) is 3.54. The van der Waals surface area contributed by atoms with E-state index in [1.54, 1.807) is 6.08 Å². The summed E-state index contributed by atoms with van der Waals surface area (Å²) in [5.74, 6) is 6.89. The number of rotatable bonds is 1. The second-order valence-corrected chi connectivity index (χ2v) is 1.28. The number of hydrogen-bond donors (Lipinski definition) is 1. The molecule has 1 aliphatic rings. The van der Waals surface area contributed by atoms with Gasteiger partial charge in [-0.05, 0) is 6.08 Å². The number of nitrogens with one attached hydrogen (secondary N) is 2. The summed E-state index contributed by atoms with van der Waals surface area (Å²) < 4.78 is 4.85. The van der Waals surface area contributed by atoms with E-state index in [0.29, 0.717) is 12.5 Å². The first-order chi connectivity index (χ1) is 3.93. The molecule has 4 heteroatoms. The number of ether oxygens (including phenoxy) is 1. The molecule has 0 aromatic rings. The van der Waals surface area contributed by atoms with E-state index in [0.717, 1.165) is 0 Å². The monoisotopic (exact) mass is 112 g/mol. The lowest BCUT2D eigenvalue weighted by molar-refractivity contribution is 0.362. The standard InChI is InChI=1S/C4H6N3O/c5-7-6-4-2-1-3-8-4/h1-2,5,7H,3H2. The molecular weight excluding hydrogens is 106 g/mol. The van der Waals surface area contributed by atoms with Gasteiger partial charge in [0.1, 0.15) is 6.61 Å². The molecule has 0 aromatic carbocycles. The minimum Gasteiger partial charge on any atom is -0.472 e. The number of nitrogens with zero attached hydrogens (tertiary/aromatic N) is 1. The average Bonchev–Trinajstić information content (AvgIpc) is 2.19. The lowest BCUT2D eigenvalue weighted by atomic mass is 10.6. The fraction of sp³-hybridized carbons (Fsp3) is 0.250. The van der Waals surface area contributed by atoms with Crippen molar-refractivity contribution in [1.29, 1.82) is 0 Å². The van der Waals surface area contributed by atoms with Crippen LogP contribution in [0.15, 0.2) is 17.3 Å². The molecule has 0 unspecified atom stereocenters. The van der Waals surface area contributed by atoms with Crippen LogP contribution >= 0.6 is 0 Å². The highest BCUT2D eigenvalue weighted by Gasteiger charge is 1.98. The molecule has 1 aliphatic heterocycles. The van der Waals surface area contributed by atoms with Crippen LogP contribution in [-0.2, 0) is 4.74 Å². The maximum absolute atomic E-state index is 6.42. The van der Waals surface area contributed by atoms with Gasteiger partial charge in [0.05, 0.1) is 0 Å². The van der Waals surface area contributed by atoms with Gasteiger partial charge in [-0.25, -0.2) is 5.53 Å². The fourth-order valence-corrected chi connectivity index (χ4v) is 0.455. The van der Waals surface area contributed by atoms with Crippen LogP contribution in [0.4, 0.5) is 0 Å². The number of hydrazone groups is 1. The molecule has 0 saturated heterocycles. The topological polar surface area (TPSA) is 57.4 Å². The van der Waals surface area contributed by atoms with Gasteiger partial charge in [0, 0.05) is 6.08 Å². The Morgan fingerprint density at radius 2 is 2.75 bits per heavy atom. The van der Waals surface area contributed by atoms with E-state index in [9.17, 15) is 0 Å². The second-order valence-electron chi connectivity index (χ2n) is 1.28. The molecule has 1 radical (unpaired) electrons. The zero-order valence-electron chi connectivity index (χ0n) is 4.22. The van der Waals surface area contributed by atoms with Crippen LogP contribution in [-0.4, -0.2) is 12.5 Å². The van der Waals surface area contributed by atoms with Crippen molar-refractivity contribution in [1.82, 2.24) is 11.4 Å². The Balaban J connectivity index is 2.46. The largest absolute Gasteiger partial charge is 0.472 e. The summed E-state index contributed by atoms with van der Waals surface area (Å²) in [5, 5.41) is 3.45. The van der Waals surface area contributed by atoms with Gasteiger partial charge in [0.15, 0.2) is 0 Å². The van der Waals surface area contributed by atoms with Gasteiger partial charge in [0.25, 0.3) is 0 Å². The van der Waals surface area contributed by atoms with Crippen molar-refractivity contribution in [3.05, 3.63) is 12.2 Å². The summed E-state index contributed by atoms with van der Waals surface area (Å²) in [4.78, 5) is 0. The molecule has 0 fully saturated rings. The third kappa shape index (κ3) is 0.974. The third-order valence-electron chi connectivity index (χ3n) is 0.754. The van der Waals surface area contributed by atoms with Crippen LogP contribution in [0.25, 0.3) is 0 Å². The Morgan fingerprint density at radius 1 is 1.88 bits per heavy atom. The first kappa shape index (κ1) is 5.11. The first-order valence-corrected chi connectivity index (χ1v) is 2.22. The SMILES string of the molecule is [NH]NN=C1C=CCO1. The van der Waals surface area contributed by atoms with Crippen molar-refractivity contribution in [2.45, 2.75) is 0 Å². The van der Waals surface area contributed by atoms with Gasteiger partial charge in [0.2, 0.25) is 5.90 Å². The Hall–Kier alpha value is -1.03. The molecule has 4 nitrogen and oxygen atoms in total. The van der Waals surface area contributed by atoms with E-state index in [4.69, 9.17) is 10.6 Å². The smallest absolute Gasteiger partial charge is 0.232 e. The van der Waals surface area contributed by atoms with Crippen LogP contribution in [0.5, 0.6) is 0 Å². The van der Waals surface area contributed by atoms with Gasteiger partial charge < -0.3 is 4.74 Å². The third-order valence-corrected chi connectivity index (χ3v) is 0.754. The van der Waals surface area contributed by atoms with E-state index in [1.807, 2.05) is 11.6 Å². The van der Waals surface area contributed by atoms with Crippen molar-refractivity contribution in [3.63, 3.8) is 0 Å². The molecule has 8 heavy (non-hydrogen) atoms. The van der Waals surface area contributed by atoms with E-state index < -0.39 is 0 Å². The predicted molar refractivity (Wildman–Crippen MR) is 28.8 cm³/mol. The summed E-state index contributed by atoms with van der Waals surface area (Å²) in [5.41, 5.74) is 1.87. The van der Waals surface area contributed by atoms with Gasteiger partial charge in [-0.2, -0.15) is 0 Å². The minimum atomic E-state index is 0.472. The normalized spacial score (nSPS) is 21.4. The van der Waals surface area contributed by atoms with Crippen LogP contribution in [0.1, 0.15) is 0 Å². The molecule has 0 amide bonds. The summed E-state index contributed by atoms with van der Waals surface area (Å²) in [6, 6.07) is 0. The lowest BCUT2D eigenvalue weighted by Crippen LogP contribution is -2.05. The van der Waals surface area contributed by atoms with E-state index in [1.165, 1.54) is 0 Å². The molecule has 0 bridgehead atoms. The molecule has 0 saturated carbocycles. The predicted octanol–water partition coefficient (Wildman–Crippen LogP) is -0.326. The zero-order valence-corrected chi connectivity index (χ0v) is 4.22. The second kappa shape index (κ2) is 2.32. The van der Waals surface area contributed by atoms with Gasteiger partial charge in [-0.15, -0.1) is 10.9 Å². The Kier molecular flexibility index (Phi) is 1.48. The Morgan fingerprint density at radius 3 is 3.25 bits per heavy atom. The zero-order chi connectivity index (χ0) is 5.82. The molecule has 1 heterocycles. The van der Waals surface area contributed by atoms with E-state index in [-0.39, 0.29) is 0 Å². The Labute approximate surface area is 47.0 Å². The van der Waals surface area contributed by atoms with Crippen molar-refractivity contribution in [2.75, 3.05) is 6.61 Å². The highest BCUT2D eigenvalue weighted by Crippen LogP contribution is 1.92. The highest BCUT2D eigenvalue weighted by atomic mass is 16.5. The van der Waals surface area contributed by atoms with Crippen LogP contribution < -0.4 is 11.4 Å². The van der Waals surface area contributed by atoms with E-state index >= 15 is 0 Å². The Bertz CT molecular complexity index is 129. The quantitative estimate of drug-likeness (QED) is 0.472. The molecule has 0 spiro atoms. The molecule has 0 aliphatic carbocycles. The molecule has 1 rings (SSSR count). The molecule has 2 N–H and O–H groups in total.